The third kappa shape index (κ3) is 5.53. The fourth-order valence-electron chi connectivity index (χ4n) is 2.75. The quantitative estimate of drug-likeness (QED) is 0.703. The number of hydrogen-bond donors (Lipinski definition) is 2. The molecule has 0 fully saturated rings. The van der Waals surface area contributed by atoms with Crippen LogP contribution in [0, 0.1) is 5.82 Å². The van der Waals surface area contributed by atoms with E-state index in [9.17, 15) is 17.6 Å². The van der Waals surface area contributed by atoms with Crippen molar-refractivity contribution in [1.29, 1.82) is 0 Å². The minimum absolute atomic E-state index is 0.113. The Morgan fingerprint density at radius 3 is 2.43 bits per heavy atom. The molecule has 2 N–H and O–H groups in total. The normalized spacial score (nSPS) is 12.6. The van der Waals surface area contributed by atoms with Gasteiger partial charge in [0.2, 0.25) is 10.0 Å². The predicted molar refractivity (Wildman–Crippen MR) is 105 cm³/mol. The summed E-state index contributed by atoms with van der Waals surface area (Å²) in [7, 11) is -2.48. The monoisotopic (exact) mass is 408 g/mol. The summed E-state index contributed by atoms with van der Waals surface area (Å²) in [4.78, 5) is 12.5. The van der Waals surface area contributed by atoms with E-state index in [1.165, 1.54) is 31.4 Å². The lowest BCUT2D eigenvalue weighted by Gasteiger charge is -2.16. The molecule has 2 aromatic carbocycles. The van der Waals surface area contributed by atoms with Gasteiger partial charge in [-0.25, -0.2) is 17.5 Å². The largest absolute Gasteiger partial charge is 0.495 e. The van der Waals surface area contributed by atoms with Crippen molar-refractivity contribution in [2.24, 2.45) is 0 Å². The van der Waals surface area contributed by atoms with Gasteiger partial charge in [0.05, 0.1) is 7.11 Å². The van der Waals surface area contributed by atoms with Gasteiger partial charge in [0, 0.05) is 17.6 Å². The van der Waals surface area contributed by atoms with Crippen LogP contribution in [0.1, 0.15) is 36.7 Å². The lowest BCUT2D eigenvalue weighted by atomic mass is 10.1. The van der Waals surface area contributed by atoms with Crippen molar-refractivity contribution in [3.8, 4) is 5.75 Å². The molecule has 2 aromatic rings. The van der Waals surface area contributed by atoms with Gasteiger partial charge < -0.3 is 10.1 Å². The SMILES string of the molecule is COc1ccc(C(=O)NC(C)Cc2ccccc2F)cc1S(=O)(=O)NC(C)C. The maximum absolute atomic E-state index is 13.8. The van der Waals surface area contributed by atoms with Crippen molar-refractivity contribution >= 4 is 15.9 Å². The minimum atomic E-state index is -3.85. The number of amides is 1. The molecule has 0 aliphatic carbocycles. The maximum atomic E-state index is 13.8. The Hall–Kier alpha value is -2.45. The first-order valence-corrected chi connectivity index (χ1v) is 10.4. The summed E-state index contributed by atoms with van der Waals surface area (Å²) in [6, 6.07) is 9.90. The second-order valence-corrected chi connectivity index (χ2v) is 8.49. The summed E-state index contributed by atoms with van der Waals surface area (Å²) in [5, 5.41) is 2.77. The molecule has 0 saturated heterocycles. The summed E-state index contributed by atoms with van der Waals surface area (Å²) in [6.07, 6.45) is 0.314. The van der Waals surface area contributed by atoms with E-state index in [0.29, 0.717) is 12.0 Å². The molecule has 0 aliphatic rings. The number of carbonyl (C=O) groups excluding carboxylic acids is 1. The lowest BCUT2D eigenvalue weighted by molar-refractivity contribution is 0.0939. The Kier molecular flexibility index (Phi) is 7.15. The number of sulfonamides is 1. The van der Waals surface area contributed by atoms with Crippen LogP contribution in [0.4, 0.5) is 4.39 Å². The van der Waals surface area contributed by atoms with Gasteiger partial charge in [-0.1, -0.05) is 18.2 Å². The van der Waals surface area contributed by atoms with Crippen LogP contribution in [0.25, 0.3) is 0 Å². The first-order valence-electron chi connectivity index (χ1n) is 8.88. The zero-order chi connectivity index (χ0) is 20.9. The highest BCUT2D eigenvalue weighted by Gasteiger charge is 2.23. The number of benzene rings is 2. The van der Waals surface area contributed by atoms with Gasteiger partial charge in [-0.05, 0) is 57.0 Å². The van der Waals surface area contributed by atoms with Crippen molar-refractivity contribution in [2.75, 3.05) is 7.11 Å². The summed E-state index contributed by atoms with van der Waals surface area (Å²) in [5.74, 6) is -0.641. The molecule has 2 rings (SSSR count). The fourth-order valence-corrected chi connectivity index (χ4v) is 4.20. The summed E-state index contributed by atoms with van der Waals surface area (Å²) in [6.45, 7) is 5.15. The first kappa shape index (κ1) is 21.8. The van der Waals surface area contributed by atoms with Crippen molar-refractivity contribution < 1.29 is 22.3 Å². The molecule has 0 aromatic heterocycles. The summed E-state index contributed by atoms with van der Waals surface area (Å²) >= 11 is 0. The number of methoxy groups -OCH3 is 1. The molecule has 0 spiro atoms. The second-order valence-electron chi connectivity index (χ2n) is 6.81. The van der Waals surface area contributed by atoms with E-state index in [4.69, 9.17) is 4.74 Å². The summed E-state index contributed by atoms with van der Waals surface area (Å²) in [5.41, 5.74) is 0.666. The molecule has 1 unspecified atom stereocenters. The molecule has 6 nitrogen and oxygen atoms in total. The molecule has 1 amide bonds. The fraction of sp³-hybridized carbons (Fsp3) is 0.350. The van der Waals surface area contributed by atoms with Crippen LogP contribution < -0.4 is 14.8 Å². The minimum Gasteiger partial charge on any atom is -0.495 e. The molecule has 0 radical (unpaired) electrons. The van der Waals surface area contributed by atoms with Crippen molar-refractivity contribution in [3.05, 3.63) is 59.4 Å². The zero-order valence-electron chi connectivity index (χ0n) is 16.3. The Labute approximate surface area is 165 Å². The molecule has 0 bridgehead atoms. The third-order valence-corrected chi connectivity index (χ3v) is 5.65. The Morgan fingerprint density at radius 2 is 1.82 bits per heavy atom. The van der Waals surface area contributed by atoms with E-state index in [1.54, 1.807) is 39.0 Å². The number of nitrogens with one attached hydrogen (secondary N) is 2. The highest BCUT2D eigenvalue weighted by atomic mass is 32.2. The van der Waals surface area contributed by atoms with E-state index < -0.39 is 15.9 Å². The van der Waals surface area contributed by atoms with Gasteiger partial charge in [-0.15, -0.1) is 0 Å². The van der Waals surface area contributed by atoms with E-state index in [0.717, 1.165) is 0 Å². The van der Waals surface area contributed by atoms with Gasteiger partial charge in [0.15, 0.2) is 0 Å². The Morgan fingerprint density at radius 1 is 1.14 bits per heavy atom. The first-order chi connectivity index (χ1) is 13.1. The molecule has 0 heterocycles. The average molecular weight is 408 g/mol. The number of hydrogen-bond acceptors (Lipinski definition) is 4. The second kappa shape index (κ2) is 9.16. The van der Waals surface area contributed by atoms with Crippen LogP contribution in [0.2, 0.25) is 0 Å². The van der Waals surface area contributed by atoms with E-state index in [1.807, 2.05) is 0 Å². The molecule has 0 saturated carbocycles. The van der Waals surface area contributed by atoms with Crippen molar-refractivity contribution in [2.45, 2.75) is 44.2 Å². The van der Waals surface area contributed by atoms with Crippen LogP contribution in [0.5, 0.6) is 5.75 Å². The highest BCUT2D eigenvalue weighted by molar-refractivity contribution is 7.89. The van der Waals surface area contributed by atoms with Crippen LogP contribution in [-0.4, -0.2) is 33.5 Å². The lowest BCUT2D eigenvalue weighted by Crippen LogP contribution is -2.35. The van der Waals surface area contributed by atoms with Crippen molar-refractivity contribution in [3.63, 3.8) is 0 Å². The standard InChI is InChI=1S/C20H25FN2O4S/c1-13(2)23-28(25,26)19-12-16(9-10-18(19)27-4)20(24)22-14(3)11-15-7-5-6-8-17(15)21/h5-10,12-14,23H,11H2,1-4H3,(H,22,24). The van der Waals surface area contributed by atoms with E-state index in [-0.39, 0.29) is 34.1 Å². The summed E-state index contributed by atoms with van der Waals surface area (Å²) < 4.78 is 46.5. The topological polar surface area (TPSA) is 84.5 Å². The predicted octanol–water partition coefficient (Wildman–Crippen LogP) is 2.88. The zero-order valence-corrected chi connectivity index (χ0v) is 17.1. The molecule has 28 heavy (non-hydrogen) atoms. The smallest absolute Gasteiger partial charge is 0.251 e. The Balaban J connectivity index is 2.21. The third-order valence-electron chi connectivity index (χ3n) is 3.97. The van der Waals surface area contributed by atoms with Gasteiger partial charge in [0.25, 0.3) is 5.91 Å². The average Bonchev–Trinajstić information content (AvgIpc) is 2.62. The molecular weight excluding hydrogens is 383 g/mol. The van der Waals surface area contributed by atoms with Crippen LogP contribution in [-0.2, 0) is 16.4 Å². The van der Waals surface area contributed by atoms with Gasteiger partial charge in [-0.2, -0.15) is 0 Å². The van der Waals surface area contributed by atoms with Crippen LogP contribution in [0.15, 0.2) is 47.4 Å². The molecular formula is C20H25FN2O4S. The van der Waals surface area contributed by atoms with Crippen molar-refractivity contribution in [1.82, 2.24) is 10.0 Å². The van der Waals surface area contributed by atoms with Crippen LogP contribution >= 0.6 is 0 Å². The van der Waals surface area contributed by atoms with E-state index in [2.05, 4.69) is 10.0 Å². The maximum Gasteiger partial charge on any atom is 0.251 e. The van der Waals surface area contributed by atoms with Gasteiger partial charge in [-0.3, -0.25) is 4.79 Å². The molecule has 1 atom stereocenters. The van der Waals surface area contributed by atoms with Gasteiger partial charge >= 0.3 is 0 Å². The van der Waals surface area contributed by atoms with Crippen LogP contribution in [0.3, 0.4) is 0 Å². The number of ether oxygens (including phenoxy) is 1. The molecule has 8 heteroatoms. The molecule has 152 valence electrons. The van der Waals surface area contributed by atoms with E-state index >= 15 is 0 Å². The number of halogens is 1. The molecule has 0 aliphatic heterocycles. The Bertz CT molecular complexity index is 945. The number of rotatable bonds is 8. The highest BCUT2D eigenvalue weighted by Crippen LogP contribution is 2.25. The number of carbonyl (C=O) groups is 1. The van der Waals surface area contributed by atoms with Gasteiger partial charge in [0.1, 0.15) is 16.5 Å².